The van der Waals surface area contributed by atoms with Gasteiger partial charge in [0, 0.05) is 12.4 Å². The van der Waals surface area contributed by atoms with Crippen molar-refractivity contribution in [3.63, 3.8) is 0 Å². The topological polar surface area (TPSA) is 73.8 Å². The lowest BCUT2D eigenvalue weighted by Gasteiger charge is -2.05. The maximum absolute atomic E-state index is 12.4. The summed E-state index contributed by atoms with van der Waals surface area (Å²) in [7, 11) is 0. The molecule has 2 rings (SSSR count). The van der Waals surface area contributed by atoms with Crippen LogP contribution in [0.4, 0.5) is 13.2 Å². The van der Waals surface area contributed by atoms with Crippen molar-refractivity contribution in [3.05, 3.63) is 41.9 Å². The number of carbonyl (C=O) groups is 1. The molecular weight excluding hydrogens is 249 g/mol. The van der Waals surface area contributed by atoms with E-state index in [2.05, 4.69) is 10.1 Å². The first kappa shape index (κ1) is 12.1. The Labute approximate surface area is 99.0 Å². The van der Waals surface area contributed by atoms with Gasteiger partial charge in [-0.1, -0.05) is 0 Å². The molecule has 0 aliphatic rings. The van der Waals surface area contributed by atoms with Crippen LogP contribution in [0.2, 0.25) is 0 Å². The third-order valence-electron chi connectivity index (χ3n) is 2.15. The van der Waals surface area contributed by atoms with E-state index in [9.17, 15) is 18.0 Å². The van der Waals surface area contributed by atoms with E-state index in [0.29, 0.717) is 0 Å². The molecule has 0 radical (unpaired) electrons. The highest BCUT2D eigenvalue weighted by Gasteiger charge is 2.33. The van der Waals surface area contributed by atoms with Crippen molar-refractivity contribution in [1.29, 1.82) is 0 Å². The maximum atomic E-state index is 12.4. The molecule has 0 saturated carbocycles. The van der Waals surface area contributed by atoms with Crippen LogP contribution in [-0.2, 0) is 6.18 Å². The number of hydrogen-bond donors (Lipinski definition) is 1. The van der Waals surface area contributed by atoms with E-state index >= 15 is 0 Å². The molecule has 0 spiro atoms. The lowest BCUT2D eigenvalue weighted by molar-refractivity contribution is -0.141. The maximum Gasteiger partial charge on any atom is 0.435 e. The number of aromatic nitrogens is 3. The second-order valence-corrected chi connectivity index (χ2v) is 3.38. The Morgan fingerprint density at radius 1 is 1.33 bits per heavy atom. The highest BCUT2D eigenvalue weighted by atomic mass is 19.4. The average molecular weight is 256 g/mol. The Balaban J connectivity index is 2.50. The summed E-state index contributed by atoms with van der Waals surface area (Å²) in [5.41, 5.74) is 4.03. The number of primary amides is 1. The van der Waals surface area contributed by atoms with Gasteiger partial charge < -0.3 is 5.73 Å². The van der Waals surface area contributed by atoms with Gasteiger partial charge in [-0.05, 0) is 18.2 Å². The summed E-state index contributed by atoms with van der Waals surface area (Å²) in [4.78, 5) is 14.9. The molecule has 0 bridgehead atoms. The van der Waals surface area contributed by atoms with Gasteiger partial charge in [-0.15, -0.1) is 0 Å². The van der Waals surface area contributed by atoms with Crippen molar-refractivity contribution < 1.29 is 18.0 Å². The van der Waals surface area contributed by atoms with Crippen molar-refractivity contribution in [2.75, 3.05) is 0 Å². The zero-order valence-electron chi connectivity index (χ0n) is 8.85. The quantitative estimate of drug-likeness (QED) is 0.882. The number of carbonyl (C=O) groups excluding carboxylic acids is 1. The molecule has 0 aromatic carbocycles. The Hall–Kier alpha value is -2.38. The van der Waals surface area contributed by atoms with E-state index in [4.69, 9.17) is 5.73 Å². The first-order valence-electron chi connectivity index (χ1n) is 4.77. The summed E-state index contributed by atoms with van der Waals surface area (Å²) in [5, 5.41) is 3.32. The van der Waals surface area contributed by atoms with E-state index in [-0.39, 0.29) is 11.4 Å². The fourth-order valence-corrected chi connectivity index (χ4v) is 1.36. The van der Waals surface area contributed by atoms with Gasteiger partial charge >= 0.3 is 6.18 Å². The molecule has 2 N–H and O–H groups in total. The zero-order valence-corrected chi connectivity index (χ0v) is 8.85. The van der Waals surface area contributed by atoms with E-state index in [0.717, 1.165) is 16.9 Å². The van der Waals surface area contributed by atoms with Gasteiger partial charge in [0.2, 0.25) is 0 Å². The standard InChI is InChI=1S/C10H7F3N4O/c11-10(12,13)7-3-5-17(16-7)9-6(8(14)18)2-1-4-15-9/h1-5H,(H2,14,18). The predicted molar refractivity (Wildman–Crippen MR) is 54.9 cm³/mol. The van der Waals surface area contributed by atoms with E-state index in [1.165, 1.54) is 18.3 Å². The lowest BCUT2D eigenvalue weighted by Crippen LogP contribution is -2.16. The van der Waals surface area contributed by atoms with Gasteiger partial charge in [0.1, 0.15) is 0 Å². The summed E-state index contributed by atoms with van der Waals surface area (Å²) in [5.74, 6) is -0.831. The summed E-state index contributed by atoms with van der Waals surface area (Å²) >= 11 is 0. The highest BCUT2D eigenvalue weighted by Crippen LogP contribution is 2.27. The van der Waals surface area contributed by atoms with Gasteiger partial charge in [-0.2, -0.15) is 18.3 Å². The number of pyridine rings is 1. The van der Waals surface area contributed by atoms with Gasteiger partial charge in [-0.25, -0.2) is 9.67 Å². The molecule has 0 fully saturated rings. The molecular formula is C10H7F3N4O. The number of halogens is 3. The number of amides is 1. The second-order valence-electron chi connectivity index (χ2n) is 3.38. The fourth-order valence-electron chi connectivity index (χ4n) is 1.36. The Morgan fingerprint density at radius 2 is 2.06 bits per heavy atom. The Bertz CT molecular complexity index is 591. The lowest BCUT2D eigenvalue weighted by atomic mass is 10.2. The number of alkyl halides is 3. The van der Waals surface area contributed by atoms with Crippen molar-refractivity contribution in [2.45, 2.75) is 6.18 Å². The molecule has 8 heteroatoms. The van der Waals surface area contributed by atoms with E-state index in [1.54, 1.807) is 0 Å². The van der Waals surface area contributed by atoms with Crippen molar-refractivity contribution in [1.82, 2.24) is 14.8 Å². The minimum atomic E-state index is -4.55. The molecule has 2 aromatic rings. The van der Waals surface area contributed by atoms with Crippen molar-refractivity contribution >= 4 is 5.91 Å². The van der Waals surface area contributed by atoms with Crippen LogP contribution in [0.3, 0.4) is 0 Å². The third-order valence-corrected chi connectivity index (χ3v) is 2.15. The fraction of sp³-hybridized carbons (Fsp3) is 0.100. The molecule has 0 aliphatic heterocycles. The summed E-state index contributed by atoms with van der Waals surface area (Å²) in [6.45, 7) is 0. The van der Waals surface area contributed by atoms with Gasteiger partial charge in [0.15, 0.2) is 11.5 Å². The Kier molecular flexibility index (Phi) is 2.77. The SMILES string of the molecule is NC(=O)c1cccnc1-n1ccc(C(F)(F)F)n1. The zero-order chi connectivity index (χ0) is 13.3. The number of nitrogens with two attached hydrogens (primary N) is 1. The van der Waals surface area contributed by atoms with Crippen LogP contribution in [-0.4, -0.2) is 20.7 Å². The Morgan fingerprint density at radius 3 is 2.61 bits per heavy atom. The van der Waals surface area contributed by atoms with Gasteiger partial charge in [0.25, 0.3) is 5.91 Å². The summed E-state index contributed by atoms with van der Waals surface area (Å²) in [6, 6.07) is 3.61. The van der Waals surface area contributed by atoms with Crippen LogP contribution in [0.25, 0.3) is 5.82 Å². The normalized spacial score (nSPS) is 11.5. The molecule has 1 amide bonds. The highest BCUT2D eigenvalue weighted by molar-refractivity contribution is 5.95. The minimum Gasteiger partial charge on any atom is -0.365 e. The molecule has 5 nitrogen and oxygen atoms in total. The van der Waals surface area contributed by atoms with Crippen LogP contribution >= 0.6 is 0 Å². The van der Waals surface area contributed by atoms with Crippen LogP contribution in [0, 0.1) is 0 Å². The van der Waals surface area contributed by atoms with Crippen LogP contribution < -0.4 is 5.73 Å². The second kappa shape index (κ2) is 4.13. The first-order valence-corrected chi connectivity index (χ1v) is 4.77. The van der Waals surface area contributed by atoms with Crippen molar-refractivity contribution in [3.8, 4) is 5.82 Å². The largest absolute Gasteiger partial charge is 0.435 e. The molecule has 0 saturated heterocycles. The molecule has 2 aromatic heterocycles. The van der Waals surface area contributed by atoms with E-state index in [1.807, 2.05) is 0 Å². The van der Waals surface area contributed by atoms with Crippen LogP contribution in [0.5, 0.6) is 0 Å². The number of nitrogens with zero attached hydrogens (tertiary/aromatic N) is 3. The predicted octanol–water partition coefficient (Wildman–Crippen LogP) is 1.39. The summed E-state index contributed by atoms with van der Waals surface area (Å²) in [6.07, 6.45) is -2.15. The molecule has 0 aliphatic carbocycles. The molecule has 18 heavy (non-hydrogen) atoms. The van der Waals surface area contributed by atoms with Gasteiger partial charge in [-0.3, -0.25) is 4.79 Å². The number of hydrogen-bond acceptors (Lipinski definition) is 3. The minimum absolute atomic E-state index is 0.00526. The smallest absolute Gasteiger partial charge is 0.365 e. The number of rotatable bonds is 2. The van der Waals surface area contributed by atoms with Crippen LogP contribution in [0.15, 0.2) is 30.6 Å². The first-order chi connectivity index (χ1) is 8.39. The monoisotopic (exact) mass is 256 g/mol. The van der Waals surface area contributed by atoms with Gasteiger partial charge in [0.05, 0.1) is 5.56 Å². The molecule has 2 heterocycles. The average Bonchev–Trinajstić information content (AvgIpc) is 2.77. The summed E-state index contributed by atoms with van der Waals surface area (Å²) < 4.78 is 38.0. The molecule has 94 valence electrons. The molecule has 0 atom stereocenters. The van der Waals surface area contributed by atoms with Crippen LogP contribution in [0.1, 0.15) is 16.1 Å². The van der Waals surface area contributed by atoms with Crippen molar-refractivity contribution in [2.24, 2.45) is 5.73 Å². The molecule has 0 unspecified atom stereocenters. The van der Waals surface area contributed by atoms with E-state index < -0.39 is 17.8 Å². The third kappa shape index (κ3) is 2.17.